The van der Waals surface area contributed by atoms with Crippen molar-refractivity contribution in [3.8, 4) is 0 Å². The SMILES string of the molecule is Cc1cc2n(n1)C[C@H](CN[C@@H](CN1CCCC1)c1ccccc1)CN2. The number of benzene rings is 1. The van der Waals surface area contributed by atoms with Crippen molar-refractivity contribution in [2.45, 2.75) is 32.4 Å². The molecule has 0 aliphatic carbocycles. The summed E-state index contributed by atoms with van der Waals surface area (Å²) in [4.78, 5) is 2.60. The quantitative estimate of drug-likeness (QED) is 0.849. The number of fused-ring (bicyclic) bond motifs is 1. The van der Waals surface area contributed by atoms with Crippen LogP contribution in [0.4, 0.5) is 5.82 Å². The van der Waals surface area contributed by atoms with E-state index in [0.29, 0.717) is 12.0 Å². The maximum Gasteiger partial charge on any atom is 0.124 e. The Hall–Kier alpha value is -1.85. The first-order chi connectivity index (χ1) is 12.3. The normalized spacial score (nSPS) is 21.7. The number of nitrogens with zero attached hydrogens (tertiary/aromatic N) is 3. The molecule has 5 heteroatoms. The molecule has 0 bridgehead atoms. The lowest BCUT2D eigenvalue weighted by Gasteiger charge is -2.29. The van der Waals surface area contributed by atoms with Gasteiger partial charge in [0, 0.05) is 44.2 Å². The van der Waals surface area contributed by atoms with Crippen molar-refractivity contribution < 1.29 is 0 Å². The molecule has 1 fully saturated rings. The van der Waals surface area contributed by atoms with Crippen molar-refractivity contribution in [2.75, 3.05) is 38.0 Å². The van der Waals surface area contributed by atoms with Crippen LogP contribution in [0, 0.1) is 12.8 Å². The van der Waals surface area contributed by atoms with Crippen LogP contribution in [0.25, 0.3) is 0 Å². The standard InChI is InChI=1S/C20H29N5/c1-16-11-20-22-13-17(14-25(20)23-16)12-21-19(15-24-9-5-6-10-24)18-7-3-2-4-8-18/h2-4,7-8,11,17,19,21-22H,5-6,9-10,12-15H2,1H3/t17-,19+/m1/s1. The largest absolute Gasteiger partial charge is 0.370 e. The van der Waals surface area contributed by atoms with Gasteiger partial charge in [0.25, 0.3) is 0 Å². The van der Waals surface area contributed by atoms with E-state index in [-0.39, 0.29) is 0 Å². The summed E-state index contributed by atoms with van der Waals surface area (Å²) in [6.45, 7) is 8.67. The fraction of sp³-hybridized carbons (Fsp3) is 0.550. The van der Waals surface area contributed by atoms with Crippen LogP contribution >= 0.6 is 0 Å². The number of aromatic nitrogens is 2. The van der Waals surface area contributed by atoms with Gasteiger partial charge < -0.3 is 15.5 Å². The maximum atomic E-state index is 4.59. The summed E-state index contributed by atoms with van der Waals surface area (Å²) in [5.74, 6) is 1.72. The molecule has 0 unspecified atom stereocenters. The number of nitrogens with one attached hydrogen (secondary N) is 2. The Kier molecular flexibility index (Phi) is 5.04. The minimum atomic E-state index is 0.403. The topological polar surface area (TPSA) is 45.1 Å². The summed E-state index contributed by atoms with van der Waals surface area (Å²) in [6, 6.07) is 13.4. The predicted octanol–water partition coefficient (Wildman–Crippen LogP) is 2.66. The number of hydrogen-bond acceptors (Lipinski definition) is 4. The summed E-state index contributed by atoms with van der Waals surface area (Å²) < 4.78 is 2.11. The summed E-state index contributed by atoms with van der Waals surface area (Å²) in [7, 11) is 0. The van der Waals surface area contributed by atoms with Gasteiger partial charge in [-0.3, -0.25) is 0 Å². The monoisotopic (exact) mass is 339 g/mol. The van der Waals surface area contributed by atoms with Crippen molar-refractivity contribution >= 4 is 5.82 Å². The van der Waals surface area contributed by atoms with Crippen LogP contribution in [-0.4, -0.2) is 47.4 Å². The number of aryl methyl sites for hydroxylation is 1. The van der Waals surface area contributed by atoms with Gasteiger partial charge in [-0.1, -0.05) is 30.3 Å². The van der Waals surface area contributed by atoms with Crippen molar-refractivity contribution in [1.29, 1.82) is 0 Å². The fourth-order valence-electron chi connectivity index (χ4n) is 4.03. The van der Waals surface area contributed by atoms with Crippen LogP contribution in [0.5, 0.6) is 0 Å². The minimum Gasteiger partial charge on any atom is -0.370 e. The molecule has 1 saturated heterocycles. The van der Waals surface area contributed by atoms with E-state index in [4.69, 9.17) is 0 Å². The second-order valence-electron chi connectivity index (χ2n) is 7.48. The second kappa shape index (κ2) is 7.58. The zero-order valence-electron chi connectivity index (χ0n) is 15.1. The number of rotatable bonds is 6. The molecule has 0 saturated carbocycles. The second-order valence-corrected chi connectivity index (χ2v) is 7.48. The Morgan fingerprint density at radius 2 is 2.04 bits per heavy atom. The van der Waals surface area contributed by atoms with Crippen molar-refractivity contribution in [3.63, 3.8) is 0 Å². The van der Waals surface area contributed by atoms with Crippen LogP contribution in [0.15, 0.2) is 36.4 Å². The molecule has 3 heterocycles. The Balaban J connectivity index is 1.38. The van der Waals surface area contributed by atoms with Gasteiger partial charge in [0.1, 0.15) is 5.82 Å². The van der Waals surface area contributed by atoms with Crippen LogP contribution in [0.1, 0.15) is 30.1 Å². The Labute approximate surface area is 150 Å². The van der Waals surface area contributed by atoms with E-state index in [1.165, 1.54) is 31.5 Å². The van der Waals surface area contributed by atoms with Crippen molar-refractivity contribution in [1.82, 2.24) is 20.0 Å². The van der Waals surface area contributed by atoms with Crippen LogP contribution in [-0.2, 0) is 6.54 Å². The molecule has 4 rings (SSSR count). The zero-order valence-corrected chi connectivity index (χ0v) is 15.1. The molecule has 2 atom stereocenters. The van der Waals surface area contributed by atoms with E-state index in [1.54, 1.807) is 0 Å². The van der Waals surface area contributed by atoms with Gasteiger partial charge in [-0.15, -0.1) is 0 Å². The van der Waals surface area contributed by atoms with Crippen molar-refractivity contribution in [2.24, 2.45) is 5.92 Å². The highest BCUT2D eigenvalue weighted by atomic mass is 15.3. The summed E-state index contributed by atoms with van der Waals surface area (Å²) in [6.07, 6.45) is 2.69. The lowest BCUT2D eigenvalue weighted by Crippen LogP contribution is -2.40. The summed E-state index contributed by atoms with van der Waals surface area (Å²) >= 11 is 0. The van der Waals surface area contributed by atoms with Crippen LogP contribution in [0.3, 0.4) is 0 Å². The summed E-state index contributed by atoms with van der Waals surface area (Å²) in [5.41, 5.74) is 2.49. The lowest BCUT2D eigenvalue weighted by molar-refractivity contribution is 0.278. The molecule has 5 nitrogen and oxygen atoms in total. The van der Waals surface area contributed by atoms with Crippen LogP contribution in [0.2, 0.25) is 0 Å². The summed E-state index contributed by atoms with van der Waals surface area (Å²) in [5, 5.41) is 12.0. The van der Waals surface area contributed by atoms with E-state index in [9.17, 15) is 0 Å². The number of likely N-dealkylation sites (tertiary alicyclic amines) is 1. The first-order valence-corrected chi connectivity index (χ1v) is 9.57. The van der Waals surface area contributed by atoms with E-state index in [0.717, 1.165) is 37.7 Å². The maximum absolute atomic E-state index is 4.59. The smallest absolute Gasteiger partial charge is 0.124 e. The van der Waals surface area contributed by atoms with Gasteiger partial charge in [-0.2, -0.15) is 5.10 Å². The van der Waals surface area contributed by atoms with Crippen molar-refractivity contribution in [3.05, 3.63) is 47.7 Å². The highest BCUT2D eigenvalue weighted by Crippen LogP contribution is 2.21. The molecule has 134 valence electrons. The lowest BCUT2D eigenvalue weighted by atomic mass is 10.0. The molecule has 1 aromatic carbocycles. The number of hydrogen-bond donors (Lipinski definition) is 2. The molecule has 2 aliphatic rings. The Bertz CT molecular complexity index is 675. The average molecular weight is 339 g/mol. The van der Waals surface area contributed by atoms with Gasteiger partial charge >= 0.3 is 0 Å². The van der Waals surface area contributed by atoms with Gasteiger partial charge in [0.2, 0.25) is 0 Å². The van der Waals surface area contributed by atoms with Gasteiger partial charge in [0.05, 0.1) is 5.69 Å². The molecule has 0 radical (unpaired) electrons. The number of anilines is 1. The van der Waals surface area contributed by atoms with Crippen LogP contribution < -0.4 is 10.6 Å². The molecule has 2 N–H and O–H groups in total. The van der Waals surface area contributed by atoms with Gasteiger partial charge in [-0.05, 0) is 38.4 Å². The van der Waals surface area contributed by atoms with E-state index in [2.05, 4.69) is 68.6 Å². The first-order valence-electron chi connectivity index (χ1n) is 9.57. The third kappa shape index (κ3) is 4.05. The molecular weight excluding hydrogens is 310 g/mol. The Morgan fingerprint density at radius 3 is 2.84 bits per heavy atom. The van der Waals surface area contributed by atoms with Gasteiger partial charge in [-0.25, -0.2) is 4.68 Å². The molecular formula is C20H29N5. The molecule has 0 spiro atoms. The fourth-order valence-corrected chi connectivity index (χ4v) is 4.03. The highest BCUT2D eigenvalue weighted by Gasteiger charge is 2.22. The third-order valence-electron chi connectivity index (χ3n) is 5.40. The molecule has 25 heavy (non-hydrogen) atoms. The van der Waals surface area contributed by atoms with E-state index < -0.39 is 0 Å². The third-order valence-corrected chi connectivity index (χ3v) is 5.40. The van der Waals surface area contributed by atoms with E-state index >= 15 is 0 Å². The molecule has 1 aromatic heterocycles. The first kappa shape index (κ1) is 16.6. The molecule has 2 aliphatic heterocycles. The Morgan fingerprint density at radius 1 is 1.24 bits per heavy atom. The van der Waals surface area contributed by atoms with E-state index in [1.807, 2.05) is 0 Å². The predicted molar refractivity (Wildman–Crippen MR) is 102 cm³/mol. The highest BCUT2D eigenvalue weighted by molar-refractivity contribution is 5.38. The van der Waals surface area contributed by atoms with Gasteiger partial charge in [0.15, 0.2) is 0 Å². The average Bonchev–Trinajstić information content (AvgIpc) is 3.27. The zero-order chi connectivity index (χ0) is 17.1. The minimum absolute atomic E-state index is 0.403. The molecule has 2 aromatic rings. The molecule has 0 amide bonds.